The van der Waals surface area contributed by atoms with Gasteiger partial charge in [0.1, 0.15) is 0 Å². The van der Waals surface area contributed by atoms with Gasteiger partial charge < -0.3 is 0 Å². The van der Waals surface area contributed by atoms with E-state index in [9.17, 15) is 0 Å². The molecule has 9 aromatic carbocycles. The Kier molecular flexibility index (Phi) is 5.26. The Morgan fingerprint density at radius 1 is 0.341 bits per heavy atom. The van der Waals surface area contributed by atoms with E-state index in [0.717, 1.165) is 0 Å². The van der Waals surface area contributed by atoms with Crippen molar-refractivity contribution in [2.75, 3.05) is 0 Å². The van der Waals surface area contributed by atoms with Crippen LogP contribution in [0.3, 0.4) is 0 Å². The van der Waals surface area contributed by atoms with Crippen LogP contribution in [0, 0.1) is 0 Å². The molecule has 0 unspecified atom stereocenters. The highest BCUT2D eigenvalue weighted by Crippen LogP contribution is 2.48. The van der Waals surface area contributed by atoms with Gasteiger partial charge >= 0.3 is 0 Å². The fourth-order valence-electron chi connectivity index (χ4n) is 7.62. The summed E-state index contributed by atoms with van der Waals surface area (Å²) in [6.45, 7) is 6.91. The molecule has 0 saturated carbocycles. The smallest absolute Gasteiger partial charge is 0.00201 e. The van der Waals surface area contributed by atoms with Crippen LogP contribution in [0.4, 0.5) is 0 Å². The Labute approximate surface area is 257 Å². The third-order valence-electron chi connectivity index (χ3n) is 9.72. The molecular formula is C44H32. The molecule has 0 heteroatoms. The molecule has 0 nitrogen and oxygen atoms in total. The predicted octanol–water partition coefficient (Wildman–Crippen LogP) is 12.7. The van der Waals surface area contributed by atoms with Gasteiger partial charge in [-0.15, -0.1) is 0 Å². The van der Waals surface area contributed by atoms with Gasteiger partial charge in [-0.1, -0.05) is 160 Å². The number of hydrogen-bond donors (Lipinski definition) is 0. The Morgan fingerprint density at radius 3 is 1.43 bits per heavy atom. The van der Waals surface area contributed by atoms with Crippen LogP contribution < -0.4 is 0 Å². The topological polar surface area (TPSA) is 0 Å². The van der Waals surface area contributed by atoms with Gasteiger partial charge in [0.05, 0.1) is 0 Å². The molecule has 0 atom stereocenters. The van der Waals surface area contributed by atoms with Crippen LogP contribution >= 0.6 is 0 Å². The Morgan fingerprint density at radius 2 is 0.818 bits per heavy atom. The van der Waals surface area contributed by atoms with E-state index in [4.69, 9.17) is 0 Å². The van der Waals surface area contributed by atoms with Crippen LogP contribution in [0.15, 0.2) is 140 Å². The molecule has 44 heavy (non-hydrogen) atoms. The fourth-order valence-corrected chi connectivity index (χ4v) is 7.62. The highest BCUT2D eigenvalue weighted by molar-refractivity contribution is 6.30. The SMILES string of the molecule is CC(C)(C)c1cc2ccc3ccc(-c4c5ccccc5c(-c5cccc6ccccc56)c5ccccc45)c4ccc(c1)c2c34. The number of hydrogen-bond acceptors (Lipinski definition) is 0. The van der Waals surface area contributed by atoms with Crippen molar-refractivity contribution >= 4 is 64.6 Å². The lowest BCUT2D eigenvalue weighted by atomic mass is 9.81. The summed E-state index contributed by atoms with van der Waals surface area (Å²) in [7, 11) is 0. The van der Waals surface area contributed by atoms with Crippen LogP contribution in [0.1, 0.15) is 26.3 Å². The van der Waals surface area contributed by atoms with E-state index >= 15 is 0 Å². The summed E-state index contributed by atoms with van der Waals surface area (Å²) in [5.41, 5.74) is 6.68. The Hall–Kier alpha value is -5.20. The summed E-state index contributed by atoms with van der Waals surface area (Å²) in [4.78, 5) is 0. The van der Waals surface area contributed by atoms with E-state index in [1.807, 2.05) is 0 Å². The van der Waals surface area contributed by atoms with Gasteiger partial charge in [-0.05, 0) is 97.9 Å². The third-order valence-corrected chi connectivity index (χ3v) is 9.72. The lowest BCUT2D eigenvalue weighted by molar-refractivity contribution is 0.591. The molecule has 9 aromatic rings. The molecule has 0 aliphatic heterocycles. The zero-order valence-electron chi connectivity index (χ0n) is 25.3. The number of rotatable bonds is 2. The molecule has 0 aliphatic carbocycles. The molecule has 0 radical (unpaired) electrons. The average Bonchev–Trinajstić information content (AvgIpc) is 3.05. The van der Waals surface area contributed by atoms with Gasteiger partial charge in [0.2, 0.25) is 0 Å². The van der Waals surface area contributed by atoms with Crippen molar-refractivity contribution in [1.29, 1.82) is 0 Å². The molecule has 208 valence electrons. The van der Waals surface area contributed by atoms with Crippen LogP contribution in [-0.2, 0) is 5.41 Å². The minimum atomic E-state index is 0.0965. The number of fused-ring (bicyclic) bond motifs is 3. The molecule has 0 N–H and O–H groups in total. The van der Waals surface area contributed by atoms with Gasteiger partial charge in [-0.2, -0.15) is 0 Å². The van der Waals surface area contributed by atoms with Crippen molar-refractivity contribution in [1.82, 2.24) is 0 Å². The second-order valence-corrected chi connectivity index (χ2v) is 13.3. The van der Waals surface area contributed by atoms with Gasteiger partial charge in [-0.3, -0.25) is 0 Å². The molecule has 0 fully saturated rings. The first-order valence-electron chi connectivity index (χ1n) is 15.6. The number of benzene rings is 9. The van der Waals surface area contributed by atoms with Crippen molar-refractivity contribution in [3.63, 3.8) is 0 Å². The molecule has 0 saturated heterocycles. The maximum atomic E-state index is 2.40. The van der Waals surface area contributed by atoms with E-state index in [1.54, 1.807) is 0 Å². The van der Waals surface area contributed by atoms with E-state index in [-0.39, 0.29) is 5.41 Å². The summed E-state index contributed by atoms with van der Waals surface area (Å²) in [6.07, 6.45) is 0. The quantitative estimate of drug-likeness (QED) is 0.146. The van der Waals surface area contributed by atoms with Crippen LogP contribution in [0.25, 0.3) is 86.9 Å². The molecule has 0 amide bonds. The van der Waals surface area contributed by atoms with Crippen LogP contribution in [-0.4, -0.2) is 0 Å². The Balaban J connectivity index is 1.42. The molecule has 0 aromatic heterocycles. The molecule has 9 rings (SSSR count). The van der Waals surface area contributed by atoms with Crippen LogP contribution in [0.2, 0.25) is 0 Å². The van der Waals surface area contributed by atoms with E-state index in [0.29, 0.717) is 0 Å². The lowest BCUT2D eigenvalue weighted by Gasteiger charge is -2.23. The van der Waals surface area contributed by atoms with E-state index in [1.165, 1.54) is 92.5 Å². The van der Waals surface area contributed by atoms with Gasteiger partial charge in [0.15, 0.2) is 0 Å². The highest BCUT2D eigenvalue weighted by atomic mass is 14.2. The third kappa shape index (κ3) is 3.58. The fraction of sp³-hybridized carbons (Fsp3) is 0.0909. The van der Waals surface area contributed by atoms with Crippen molar-refractivity contribution in [3.05, 3.63) is 145 Å². The second kappa shape index (κ2) is 9.15. The minimum Gasteiger partial charge on any atom is -0.0616 e. The molecule has 0 heterocycles. The predicted molar refractivity (Wildman–Crippen MR) is 192 cm³/mol. The summed E-state index contributed by atoms with van der Waals surface area (Å²) < 4.78 is 0. The molecule has 0 spiro atoms. The molecular weight excluding hydrogens is 528 g/mol. The summed E-state index contributed by atoms with van der Waals surface area (Å²) in [5, 5.41) is 15.7. The van der Waals surface area contributed by atoms with Crippen LogP contribution in [0.5, 0.6) is 0 Å². The van der Waals surface area contributed by atoms with Gasteiger partial charge in [0.25, 0.3) is 0 Å². The second-order valence-electron chi connectivity index (χ2n) is 13.3. The minimum absolute atomic E-state index is 0.0965. The summed E-state index contributed by atoms with van der Waals surface area (Å²) in [6, 6.07) is 52.3. The first-order chi connectivity index (χ1) is 21.5. The normalized spacial score (nSPS) is 12.4. The Bertz CT molecular complexity index is 2490. The molecule has 0 aliphatic rings. The standard InChI is InChI=1S/C44H32/c1-44(2,3)31-25-29-20-19-28-21-23-39(38-24-22-30(26-31)40(29)41(28)38)43-36-16-8-6-14-34(36)42(35-15-7-9-17-37(35)43)33-18-10-12-27-11-4-5-13-32(27)33/h4-26H,1-3H3. The van der Waals surface area contributed by atoms with E-state index in [2.05, 4.69) is 160 Å². The maximum Gasteiger partial charge on any atom is -0.00201 e. The maximum absolute atomic E-state index is 2.40. The van der Waals surface area contributed by atoms with Gasteiger partial charge in [-0.25, -0.2) is 0 Å². The first kappa shape index (κ1) is 25.3. The van der Waals surface area contributed by atoms with Crippen molar-refractivity contribution in [3.8, 4) is 22.3 Å². The van der Waals surface area contributed by atoms with Gasteiger partial charge in [0, 0.05) is 0 Å². The van der Waals surface area contributed by atoms with Crippen molar-refractivity contribution in [2.24, 2.45) is 0 Å². The zero-order valence-corrected chi connectivity index (χ0v) is 25.3. The first-order valence-corrected chi connectivity index (χ1v) is 15.6. The summed E-state index contributed by atoms with van der Waals surface area (Å²) in [5.74, 6) is 0. The van der Waals surface area contributed by atoms with Crippen molar-refractivity contribution < 1.29 is 0 Å². The highest BCUT2D eigenvalue weighted by Gasteiger charge is 2.21. The lowest BCUT2D eigenvalue weighted by Crippen LogP contribution is -2.10. The summed E-state index contributed by atoms with van der Waals surface area (Å²) >= 11 is 0. The van der Waals surface area contributed by atoms with Crippen molar-refractivity contribution in [2.45, 2.75) is 26.2 Å². The largest absolute Gasteiger partial charge is 0.0616 e. The van der Waals surface area contributed by atoms with E-state index < -0.39 is 0 Å². The molecule has 0 bridgehead atoms. The zero-order chi connectivity index (χ0) is 29.6. The monoisotopic (exact) mass is 560 g/mol. The average molecular weight is 561 g/mol.